The molecular weight excluding hydrogens is 314 g/mol. The zero-order chi connectivity index (χ0) is 13.0. The van der Waals surface area contributed by atoms with Crippen molar-refractivity contribution in [3.63, 3.8) is 0 Å². The van der Waals surface area contributed by atoms with Gasteiger partial charge in [0, 0.05) is 27.5 Å². The number of hydrogen-bond acceptors (Lipinski definition) is 3. The zero-order valence-electron chi connectivity index (χ0n) is 9.90. The molecule has 1 N–H and O–H groups in total. The Morgan fingerprint density at radius 1 is 1.33 bits per heavy atom. The fourth-order valence-electron chi connectivity index (χ4n) is 1.81. The lowest BCUT2D eigenvalue weighted by Gasteiger charge is -2.19. The van der Waals surface area contributed by atoms with Gasteiger partial charge in [0.25, 0.3) is 0 Å². The molecule has 0 aliphatic rings. The number of halogens is 2. The van der Waals surface area contributed by atoms with Crippen molar-refractivity contribution in [1.29, 1.82) is 0 Å². The molecule has 0 amide bonds. The molecule has 2 aromatic rings. The van der Waals surface area contributed by atoms with Crippen LogP contribution in [0.5, 0.6) is 0 Å². The minimum absolute atomic E-state index is 0.00111. The maximum absolute atomic E-state index is 6.27. The van der Waals surface area contributed by atoms with Crippen molar-refractivity contribution in [3.05, 3.63) is 57.5 Å². The Kier molecular flexibility index (Phi) is 4.69. The van der Waals surface area contributed by atoms with E-state index in [0.29, 0.717) is 0 Å². The molecule has 18 heavy (non-hydrogen) atoms. The van der Waals surface area contributed by atoms with Crippen LogP contribution < -0.4 is 5.32 Å². The minimum atomic E-state index is 0.00111. The van der Waals surface area contributed by atoms with Gasteiger partial charge in [0.2, 0.25) is 0 Å². The highest BCUT2D eigenvalue weighted by Gasteiger charge is 2.16. The van der Waals surface area contributed by atoms with Crippen LogP contribution in [0.15, 0.2) is 41.4 Å². The molecule has 94 valence electrons. The average molecular weight is 327 g/mol. The van der Waals surface area contributed by atoms with E-state index in [4.69, 9.17) is 11.6 Å². The molecule has 0 radical (unpaired) electrons. The lowest BCUT2D eigenvalue weighted by atomic mass is 10.0. The number of benzene rings is 1. The van der Waals surface area contributed by atoms with Crippen molar-refractivity contribution < 1.29 is 0 Å². The van der Waals surface area contributed by atoms with Gasteiger partial charge in [0.1, 0.15) is 6.33 Å². The van der Waals surface area contributed by atoms with E-state index in [9.17, 15) is 0 Å². The lowest BCUT2D eigenvalue weighted by Crippen LogP contribution is -2.22. The average Bonchev–Trinajstić information content (AvgIpc) is 2.40. The zero-order valence-corrected chi connectivity index (χ0v) is 12.2. The van der Waals surface area contributed by atoms with Crippen LogP contribution in [0.2, 0.25) is 5.02 Å². The van der Waals surface area contributed by atoms with Gasteiger partial charge in [0.15, 0.2) is 0 Å². The summed E-state index contributed by atoms with van der Waals surface area (Å²) < 4.78 is 1.00. The van der Waals surface area contributed by atoms with E-state index in [0.717, 1.165) is 27.2 Å². The van der Waals surface area contributed by atoms with Crippen LogP contribution in [0.25, 0.3) is 0 Å². The van der Waals surface area contributed by atoms with Crippen LogP contribution in [-0.4, -0.2) is 16.5 Å². The topological polar surface area (TPSA) is 37.8 Å². The van der Waals surface area contributed by atoms with Gasteiger partial charge in [-0.3, -0.25) is 0 Å². The Morgan fingerprint density at radius 2 is 2.06 bits per heavy atom. The fraction of sp³-hybridized carbons (Fsp3) is 0.231. The summed E-state index contributed by atoms with van der Waals surface area (Å²) in [6.45, 7) is 2.89. The molecule has 1 atom stereocenters. The Morgan fingerprint density at radius 3 is 2.72 bits per heavy atom. The van der Waals surface area contributed by atoms with Gasteiger partial charge in [-0.2, -0.15) is 0 Å². The number of hydrogen-bond donors (Lipinski definition) is 1. The fourth-order valence-corrected chi connectivity index (χ4v) is 2.41. The SMILES string of the molecule is CCNC(c1cncnc1)c1cc(Br)ccc1Cl. The molecule has 5 heteroatoms. The summed E-state index contributed by atoms with van der Waals surface area (Å²) in [5.41, 5.74) is 2.02. The van der Waals surface area contributed by atoms with Gasteiger partial charge in [-0.1, -0.05) is 34.5 Å². The molecule has 0 aliphatic heterocycles. The van der Waals surface area contributed by atoms with Gasteiger partial charge in [-0.15, -0.1) is 0 Å². The highest BCUT2D eigenvalue weighted by Crippen LogP contribution is 2.30. The van der Waals surface area contributed by atoms with E-state index in [1.165, 1.54) is 6.33 Å². The van der Waals surface area contributed by atoms with E-state index < -0.39 is 0 Å². The Labute approximate surface area is 120 Å². The third kappa shape index (κ3) is 3.07. The van der Waals surface area contributed by atoms with E-state index in [1.807, 2.05) is 18.2 Å². The molecule has 3 nitrogen and oxygen atoms in total. The molecule has 1 unspecified atom stereocenters. The Bertz CT molecular complexity index is 519. The van der Waals surface area contributed by atoms with Crippen LogP contribution in [0, 0.1) is 0 Å². The summed E-state index contributed by atoms with van der Waals surface area (Å²) in [7, 11) is 0. The molecule has 0 saturated heterocycles. The van der Waals surface area contributed by atoms with Crippen molar-refractivity contribution in [3.8, 4) is 0 Å². The first kappa shape index (κ1) is 13.5. The number of nitrogens with one attached hydrogen (secondary N) is 1. The Hall–Kier alpha value is -0.970. The maximum atomic E-state index is 6.27. The third-order valence-electron chi connectivity index (χ3n) is 2.59. The molecule has 0 spiro atoms. The summed E-state index contributed by atoms with van der Waals surface area (Å²) in [5.74, 6) is 0. The van der Waals surface area contributed by atoms with Crippen LogP contribution in [0.4, 0.5) is 0 Å². The first-order chi connectivity index (χ1) is 8.72. The first-order valence-electron chi connectivity index (χ1n) is 5.65. The van der Waals surface area contributed by atoms with Gasteiger partial charge in [0.05, 0.1) is 6.04 Å². The standard InChI is InChI=1S/C13H13BrClN3/c1-2-18-13(9-6-16-8-17-7-9)11-5-10(14)3-4-12(11)15/h3-8,13,18H,2H2,1H3. The quantitative estimate of drug-likeness (QED) is 0.933. The first-order valence-corrected chi connectivity index (χ1v) is 6.82. The van der Waals surface area contributed by atoms with Crippen LogP contribution >= 0.6 is 27.5 Å². The molecular formula is C13H13BrClN3. The Balaban J connectivity index is 2.44. The lowest BCUT2D eigenvalue weighted by molar-refractivity contribution is 0.626. The van der Waals surface area contributed by atoms with Gasteiger partial charge in [-0.05, 0) is 30.3 Å². The molecule has 0 bridgehead atoms. The molecule has 1 aromatic carbocycles. The molecule has 0 fully saturated rings. The van der Waals surface area contributed by atoms with Crippen LogP contribution in [0.3, 0.4) is 0 Å². The number of rotatable bonds is 4. The summed E-state index contributed by atoms with van der Waals surface area (Å²) in [4.78, 5) is 8.12. The smallest absolute Gasteiger partial charge is 0.115 e. The van der Waals surface area contributed by atoms with E-state index in [-0.39, 0.29) is 6.04 Å². The van der Waals surface area contributed by atoms with E-state index >= 15 is 0 Å². The minimum Gasteiger partial charge on any atom is -0.306 e. The normalized spacial score (nSPS) is 12.4. The van der Waals surface area contributed by atoms with Crippen molar-refractivity contribution in [1.82, 2.24) is 15.3 Å². The summed E-state index contributed by atoms with van der Waals surface area (Å²) in [6, 6.07) is 5.83. The van der Waals surface area contributed by atoms with Crippen LogP contribution in [-0.2, 0) is 0 Å². The summed E-state index contributed by atoms with van der Waals surface area (Å²) in [6.07, 6.45) is 5.13. The highest BCUT2D eigenvalue weighted by molar-refractivity contribution is 9.10. The predicted molar refractivity (Wildman–Crippen MR) is 76.7 cm³/mol. The second-order valence-electron chi connectivity index (χ2n) is 3.83. The van der Waals surface area contributed by atoms with Crippen molar-refractivity contribution in [2.24, 2.45) is 0 Å². The van der Waals surface area contributed by atoms with Crippen LogP contribution in [0.1, 0.15) is 24.1 Å². The second-order valence-corrected chi connectivity index (χ2v) is 5.15. The van der Waals surface area contributed by atoms with Crippen molar-refractivity contribution in [2.75, 3.05) is 6.54 Å². The van der Waals surface area contributed by atoms with E-state index in [1.54, 1.807) is 12.4 Å². The second kappa shape index (κ2) is 6.27. The summed E-state index contributed by atoms with van der Waals surface area (Å²) >= 11 is 9.75. The molecule has 1 heterocycles. The monoisotopic (exact) mass is 325 g/mol. The predicted octanol–water partition coefficient (Wildman–Crippen LogP) is 3.59. The van der Waals surface area contributed by atoms with E-state index in [2.05, 4.69) is 38.1 Å². The van der Waals surface area contributed by atoms with Gasteiger partial charge in [-0.25, -0.2) is 9.97 Å². The molecule has 0 aliphatic carbocycles. The largest absolute Gasteiger partial charge is 0.306 e. The van der Waals surface area contributed by atoms with Gasteiger partial charge >= 0.3 is 0 Å². The highest BCUT2D eigenvalue weighted by atomic mass is 79.9. The van der Waals surface area contributed by atoms with Crippen molar-refractivity contribution >= 4 is 27.5 Å². The number of nitrogens with zero attached hydrogens (tertiary/aromatic N) is 2. The number of aromatic nitrogens is 2. The molecule has 0 saturated carbocycles. The van der Waals surface area contributed by atoms with Gasteiger partial charge < -0.3 is 5.32 Å². The molecule has 1 aromatic heterocycles. The van der Waals surface area contributed by atoms with Crippen molar-refractivity contribution in [2.45, 2.75) is 13.0 Å². The maximum Gasteiger partial charge on any atom is 0.115 e. The third-order valence-corrected chi connectivity index (χ3v) is 3.43. The molecule has 2 rings (SSSR count). The summed E-state index contributed by atoms with van der Waals surface area (Å²) in [5, 5.41) is 4.13.